The molecule has 0 radical (unpaired) electrons. The summed E-state index contributed by atoms with van der Waals surface area (Å²) in [4.78, 5) is 15.6. The summed E-state index contributed by atoms with van der Waals surface area (Å²) in [5, 5.41) is 0. The van der Waals surface area contributed by atoms with Gasteiger partial charge in [-0.15, -0.1) is 59.7 Å². The first kappa shape index (κ1) is 46.5. The van der Waals surface area contributed by atoms with Crippen molar-refractivity contribution in [1.82, 2.24) is 4.98 Å². The summed E-state index contributed by atoms with van der Waals surface area (Å²) in [5.41, 5.74) is 11.2. The molecule has 0 aliphatic heterocycles. The molecule has 0 aliphatic carbocycles. The molecule has 7 heteroatoms. The predicted octanol–water partition coefficient (Wildman–Crippen LogP) is 13.8. The van der Waals surface area contributed by atoms with Crippen molar-refractivity contribution in [2.45, 2.75) is 13.8 Å². The number of aliphatic imine (C=N–C) groups is 2. The fraction of sp³-hybridized carbons (Fsp3) is 0.0727. The van der Waals surface area contributed by atoms with Crippen LogP contribution in [0.1, 0.15) is 36.4 Å². The smallest absolute Gasteiger partial charge is 0.494 e. The van der Waals surface area contributed by atoms with Crippen LogP contribution in [-0.2, 0) is 34.1 Å². The van der Waals surface area contributed by atoms with E-state index in [0.717, 1.165) is 67.9 Å². The second-order valence-corrected chi connectivity index (χ2v) is 13.6. The molecular formula is C55H47Fe2N3O2. The fourth-order valence-electron chi connectivity index (χ4n) is 6.48. The Morgan fingerprint density at radius 2 is 0.806 bits per heavy atom. The van der Waals surface area contributed by atoms with Gasteiger partial charge in [-0.05, 0) is 74.5 Å². The zero-order chi connectivity index (χ0) is 41.2. The minimum absolute atomic E-state index is 0. The second kappa shape index (κ2) is 24.6. The normalized spacial score (nSPS) is 10.8. The molecule has 8 aromatic carbocycles. The maximum atomic E-state index is 5.74. The third kappa shape index (κ3) is 13.2. The molecular weight excluding hydrogens is 846 g/mol. The van der Waals surface area contributed by atoms with Crippen molar-refractivity contribution in [3.8, 4) is 33.8 Å². The fourth-order valence-corrected chi connectivity index (χ4v) is 6.48. The monoisotopic (exact) mass is 893 g/mol. The van der Waals surface area contributed by atoms with E-state index in [-0.39, 0.29) is 34.1 Å². The van der Waals surface area contributed by atoms with Crippen LogP contribution in [0.3, 0.4) is 0 Å². The van der Waals surface area contributed by atoms with Gasteiger partial charge in [-0.3, -0.25) is 0 Å². The Bertz CT molecular complexity index is 2390. The van der Waals surface area contributed by atoms with Gasteiger partial charge in [0.2, 0.25) is 0 Å². The molecule has 1 heterocycles. The summed E-state index contributed by atoms with van der Waals surface area (Å²) in [6.07, 6.45) is 0. The van der Waals surface area contributed by atoms with E-state index in [1.807, 2.05) is 166 Å². The number of nitrogens with zero attached hydrogens (tertiary/aromatic N) is 3. The topological polar surface area (TPSA) is 56.1 Å². The minimum atomic E-state index is 0. The standard InChI is InChI=1S/C45H37N3O2.2C5H5.2Fe/c1-3-49-40-28-20-36(21-29-40)44(46-38-24-16-34(17-25-38)32-10-5-6-11-32)42-14-9-15-43(48-42)45(37-22-30-41(31-23-37)50-4-2)47-39-26-18-35(19-27-39)33-12-7-8-13-33;2*1-2-4-5-3-1;;/h5-31H,3-4H2,1-2H3;2*1-5H;;/q-2;2*-1;2*+2. The molecule has 9 rings (SSSR count). The maximum Gasteiger partial charge on any atom is 2.00 e. The Hall–Kier alpha value is -6.59. The third-order valence-corrected chi connectivity index (χ3v) is 9.43. The van der Waals surface area contributed by atoms with Gasteiger partial charge in [0.15, 0.2) is 0 Å². The van der Waals surface area contributed by atoms with E-state index in [1.54, 1.807) is 0 Å². The maximum absolute atomic E-state index is 5.74. The number of benzene rings is 4. The van der Waals surface area contributed by atoms with Crippen LogP contribution < -0.4 is 9.47 Å². The van der Waals surface area contributed by atoms with Gasteiger partial charge in [-0.25, -0.2) is 39.2 Å². The van der Waals surface area contributed by atoms with Crippen molar-refractivity contribution in [3.63, 3.8) is 0 Å². The van der Waals surface area contributed by atoms with Crippen molar-refractivity contribution in [2.75, 3.05) is 13.2 Å². The van der Waals surface area contributed by atoms with Gasteiger partial charge < -0.3 is 9.47 Å². The van der Waals surface area contributed by atoms with Gasteiger partial charge in [0.1, 0.15) is 11.5 Å². The van der Waals surface area contributed by atoms with E-state index < -0.39 is 0 Å². The number of ether oxygens (including phenoxy) is 2. The summed E-state index contributed by atoms with van der Waals surface area (Å²) in [7, 11) is 0. The van der Waals surface area contributed by atoms with Gasteiger partial charge in [-0.1, -0.05) is 41.5 Å². The quantitative estimate of drug-likeness (QED) is 0.0697. The van der Waals surface area contributed by atoms with Crippen LogP contribution in [0.2, 0.25) is 0 Å². The molecule has 62 heavy (non-hydrogen) atoms. The Balaban J connectivity index is 0.000000533. The number of hydrogen-bond acceptors (Lipinski definition) is 5. The van der Waals surface area contributed by atoms with Crippen molar-refractivity contribution < 1.29 is 43.6 Å². The molecule has 310 valence electrons. The van der Waals surface area contributed by atoms with Crippen LogP contribution in [0.5, 0.6) is 11.5 Å². The summed E-state index contributed by atoms with van der Waals surface area (Å²) in [5.74, 6) is 1.62. The van der Waals surface area contributed by atoms with E-state index in [2.05, 4.69) is 72.8 Å². The van der Waals surface area contributed by atoms with Crippen molar-refractivity contribution in [1.29, 1.82) is 0 Å². The van der Waals surface area contributed by atoms with Crippen molar-refractivity contribution in [3.05, 3.63) is 247 Å². The summed E-state index contributed by atoms with van der Waals surface area (Å²) in [6, 6.07) is 75.3. The zero-order valence-electron chi connectivity index (χ0n) is 34.6. The second-order valence-electron chi connectivity index (χ2n) is 13.6. The summed E-state index contributed by atoms with van der Waals surface area (Å²) < 4.78 is 11.5. The molecule has 9 aromatic rings. The van der Waals surface area contributed by atoms with Crippen LogP contribution in [0, 0.1) is 0 Å². The Morgan fingerprint density at radius 1 is 0.452 bits per heavy atom. The molecule has 0 fully saturated rings. The summed E-state index contributed by atoms with van der Waals surface area (Å²) in [6.45, 7) is 5.17. The number of aromatic nitrogens is 1. The van der Waals surface area contributed by atoms with Crippen molar-refractivity contribution >= 4 is 22.8 Å². The molecule has 0 unspecified atom stereocenters. The zero-order valence-corrected chi connectivity index (χ0v) is 36.8. The predicted molar refractivity (Wildman–Crippen MR) is 249 cm³/mol. The molecule has 0 spiro atoms. The van der Waals surface area contributed by atoms with Gasteiger partial charge in [0.05, 0.1) is 36.0 Å². The van der Waals surface area contributed by atoms with E-state index in [9.17, 15) is 0 Å². The molecule has 1 aromatic heterocycles. The largest absolute Gasteiger partial charge is 2.00 e. The third-order valence-electron chi connectivity index (χ3n) is 9.43. The average molecular weight is 894 g/mol. The van der Waals surface area contributed by atoms with Crippen molar-refractivity contribution in [2.24, 2.45) is 9.98 Å². The van der Waals surface area contributed by atoms with E-state index in [4.69, 9.17) is 24.4 Å². The van der Waals surface area contributed by atoms with Gasteiger partial charge >= 0.3 is 34.1 Å². The molecule has 0 aliphatic rings. The molecule has 5 nitrogen and oxygen atoms in total. The van der Waals surface area contributed by atoms with Crippen LogP contribution >= 0.6 is 0 Å². The molecule has 0 atom stereocenters. The van der Waals surface area contributed by atoms with E-state index in [1.165, 1.54) is 11.1 Å². The Kier molecular flexibility index (Phi) is 18.4. The van der Waals surface area contributed by atoms with Crippen LogP contribution in [0.25, 0.3) is 22.3 Å². The van der Waals surface area contributed by atoms with Crippen LogP contribution in [-0.4, -0.2) is 29.6 Å². The first-order valence-electron chi connectivity index (χ1n) is 20.3. The molecule has 0 saturated carbocycles. The molecule has 0 bridgehead atoms. The molecule has 0 amide bonds. The van der Waals surface area contributed by atoms with Crippen LogP contribution in [0.4, 0.5) is 11.4 Å². The van der Waals surface area contributed by atoms with E-state index in [0.29, 0.717) is 13.2 Å². The first-order chi connectivity index (χ1) is 29.7. The first-order valence-corrected chi connectivity index (χ1v) is 20.3. The Labute approximate surface area is 386 Å². The number of rotatable bonds is 12. The SMILES string of the molecule is CCOc1ccc(C(=Nc2ccc(-[c-]3cccc3)cc2)c2cccc(C(=Nc3ccc(-[c-]4cccc4)cc3)c3ccc(OCC)cc3)n2)cc1.[Fe+2].[Fe+2].c1cc[cH-]c1.c1cc[cH-]c1. The number of pyridine rings is 1. The number of hydrogen-bond donors (Lipinski definition) is 0. The Morgan fingerprint density at radius 3 is 1.11 bits per heavy atom. The minimum Gasteiger partial charge on any atom is -0.494 e. The molecule has 0 N–H and O–H groups in total. The van der Waals surface area contributed by atoms with Gasteiger partial charge in [-0.2, -0.15) is 60.7 Å². The van der Waals surface area contributed by atoms with Crippen LogP contribution in [0.15, 0.2) is 234 Å². The van der Waals surface area contributed by atoms with Gasteiger partial charge in [0, 0.05) is 22.5 Å². The average Bonchev–Trinajstić information content (AvgIpc) is 4.17. The van der Waals surface area contributed by atoms with E-state index >= 15 is 0 Å². The summed E-state index contributed by atoms with van der Waals surface area (Å²) >= 11 is 0. The molecule has 0 saturated heterocycles. The van der Waals surface area contributed by atoms with Gasteiger partial charge in [0.25, 0.3) is 0 Å².